The summed E-state index contributed by atoms with van der Waals surface area (Å²) in [6.07, 6.45) is 0.997. The molecular formula is C12H16N2OS. The maximum atomic E-state index is 5.86. The van der Waals surface area contributed by atoms with Gasteiger partial charge in [0.1, 0.15) is 5.69 Å². The summed E-state index contributed by atoms with van der Waals surface area (Å²) in [6, 6.07) is 4.05. The third kappa shape index (κ3) is 1.73. The SMILES string of the molecule is CCC(C)(C)c1noc(N)c1-c1cccs1. The number of anilines is 1. The van der Waals surface area contributed by atoms with Crippen LogP contribution in [-0.4, -0.2) is 5.16 Å². The van der Waals surface area contributed by atoms with E-state index in [1.54, 1.807) is 11.3 Å². The monoisotopic (exact) mass is 236 g/mol. The molecule has 0 aliphatic heterocycles. The summed E-state index contributed by atoms with van der Waals surface area (Å²) in [5, 5.41) is 6.15. The van der Waals surface area contributed by atoms with Crippen molar-refractivity contribution in [2.75, 3.05) is 5.73 Å². The Hall–Kier alpha value is -1.29. The highest BCUT2D eigenvalue weighted by Gasteiger charge is 2.29. The number of nitrogen functional groups attached to an aromatic ring is 1. The van der Waals surface area contributed by atoms with Crippen LogP contribution < -0.4 is 5.73 Å². The van der Waals surface area contributed by atoms with E-state index in [4.69, 9.17) is 10.3 Å². The molecule has 2 N–H and O–H groups in total. The van der Waals surface area contributed by atoms with Gasteiger partial charge < -0.3 is 10.3 Å². The van der Waals surface area contributed by atoms with Gasteiger partial charge >= 0.3 is 0 Å². The second-order valence-corrected chi connectivity index (χ2v) is 5.43. The molecule has 4 heteroatoms. The maximum Gasteiger partial charge on any atom is 0.231 e. The lowest BCUT2D eigenvalue weighted by Crippen LogP contribution is -2.17. The van der Waals surface area contributed by atoms with Gasteiger partial charge in [0.15, 0.2) is 0 Å². The van der Waals surface area contributed by atoms with Crippen molar-refractivity contribution in [3.8, 4) is 10.4 Å². The molecule has 2 rings (SSSR count). The van der Waals surface area contributed by atoms with Gasteiger partial charge in [-0.25, -0.2) is 0 Å². The molecule has 86 valence electrons. The normalized spacial score (nSPS) is 11.9. The van der Waals surface area contributed by atoms with Crippen LogP contribution in [0.25, 0.3) is 10.4 Å². The summed E-state index contributed by atoms with van der Waals surface area (Å²) in [5.41, 5.74) is 7.76. The van der Waals surface area contributed by atoms with Crippen LogP contribution in [0.15, 0.2) is 22.0 Å². The summed E-state index contributed by atoms with van der Waals surface area (Å²) in [4.78, 5) is 1.12. The Morgan fingerprint density at radius 3 is 2.81 bits per heavy atom. The van der Waals surface area contributed by atoms with E-state index < -0.39 is 0 Å². The summed E-state index contributed by atoms with van der Waals surface area (Å²) < 4.78 is 5.14. The first-order valence-electron chi connectivity index (χ1n) is 5.35. The van der Waals surface area contributed by atoms with Crippen molar-refractivity contribution in [1.82, 2.24) is 5.16 Å². The average Bonchev–Trinajstić information content (AvgIpc) is 2.86. The lowest BCUT2D eigenvalue weighted by atomic mass is 9.84. The lowest BCUT2D eigenvalue weighted by Gasteiger charge is -2.20. The highest BCUT2D eigenvalue weighted by Crippen LogP contribution is 2.39. The van der Waals surface area contributed by atoms with Gasteiger partial charge in [0.05, 0.1) is 5.56 Å². The van der Waals surface area contributed by atoms with Crippen molar-refractivity contribution >= 4 is 17.2 Å². The van der Waals surface area contributed by atoms with Gasteiger partial charge in [0, 0.05) is 10.3 Å². The van der Waals surface area contributed by atoms with Crippen LogP contribution in [0.4, 0.5) is 5.88 Å². The smallest absolute Gasteiger partial charge is 0.231 e. The zero-order chi connectivity index (χ0) is 11.8. The summed E-state index contributed by atoms with van der Waals surface area (Å²) in [6.45, 7) is 6.45. The second-order valence-electron chi connectivity index (χ2n) is 4.49. The number of hydrogen-bond donors (Lipinski definition) is 1. The van der Waals surface area contributed by atoms with Crippen molar-refractivity contribution in [2.24, 2.45) is 0 Å². The number of nitrogens with zero attached hydrogens (tertiary/aromatic N) is 1. The maximum absolute atomic E-state index is 5.86. The van der Waals surface area contributed by atoms with E-state index in [0.717, 1.165) is 22.6 Å². The summed E-state index contributed by atoms with van der Waals surface area (Å²) in [7, 11) is 0. The van der Waals surface area contributed by atoms with Crippen LogP contribution in [-0.2, 0) is 5.41 Å². The van der Waals surface area contributed by atoms with Crippen LogP contribution >= 0.6 is 11.3 Å². The molecule has 2 aromatic rings. The van der Waals surface area contributed by atoms with Crippen molar-refractivity contribution in [2.45, 2.75) is 32.6 Å². The Labute approximate surface area is 99.3 Å². The Bertz CT molecular complexity index is 471. The van der Waals surface area contributed by atoms with Crippen LogP contribution in [0.1, 0.15) is 32.9 Å². The Morgan fingerprint density at radius 2 is 2.25 bits per heavy atom. The van der Waals surface area contributed by atoms with Gasteiger partial charge in [-0.1, -0.05) is 32.0 Å². The number of thiophene rings is 1. The van der Waals surface area contributed by atoms with Gasteiger partial charge in [-0.15, -0.1) is 11.3 Å². The minimum absolute atomic E-state index is 0.0134. The molecule has 0 saturated carbocycles. The van der Waals surface area contributed by atoms with E-state index in [1.165, 1.54) is 0 Å². The highest BCUT2D eigenvalue weighted by atomic mass is 32.1. The Morgan fingerprint density at radius 1 is 1.50 bits per heavy atom. The number of nitrogens with two attached hydrogens (primary N) is 1. The molecule has 0 fully saturated rings. The van der Waals surface area contributed by atoms with E-state index in [-0.39, 0.29) is 5.41 Å². The van der Waals surface area contributed by atoms with Crippen molar-refractivity contribution < 1.29 is 4.52 Å². The van der Waals surface area contributed by atoms with Gasteiger partial charge in [-0.3, -0.25) is 0 Å². The molecule has 2 heterocycles. The fourth-order valence-electron chi connectivity index (χ4n) is 1.59. The highest BCUT2D eigenvalue weighted by molar-refractivity contribution is 7.13. The van der Waals surface area contributed by atoms with Crippen molar-refractivity contribution in [1.29, 1.82) is 0 Å². The number of aromatic nitrogens is 1. The van der Waals surface area contributed by atoms with Crippen LogP contribution in [0.3, 0.4) is 0 Å². The molecule has 0 aliphatic rings. The van der Waals surface area contributed by atoms with Gasteiger partial charge in [-0.2, -0.15) is 0 Å². The third-order valence-corrected chi connectivity index (χ3v) is 3.90. The number of hydrogen-bond acceptors (Lipinski definition) is 4. The van der Waals surface area contributed by atoms with E-state index in [0.29, 0.717) is 5.88 Å². The molecule has 3 nitrogen and oxygen atoms in total. The molecule has 0 aromatic carbocycles. The molecule has 0 aliphatic carbocycles. The van der Waals surface area contributed by atoms with Gasteiger partial charge in [0.2, 0.25) is 5.88 Å². The lowest BCUT2D eigenvalue weighted by molar-refractivity contribution is 0.391. The topological polar surface area (TPSA) is 52.0 Å². The van der Waals surface area contributed by atoms with Crippen LogP contribution in [0, 0.1) is 0 Å². The van der Waals surface area contributed by atoms with Gasteiger partial charge in [-0.05, 0) is 17.9 Å². The van der Waals surface area contributed by atoms with E-state index >= 15 is 0 Å². The Balaban J connectivity index is 2.57. The average molecular weight is 236 g/mol. The standard InChI is InChI=1S/C12H16N2OS/c1-4-12(2,3)10-9(11(13)15-14-10)8-6-5-7-16-8/h5-7H,4,13H2,1-3H3. The fourth-order valence-corrected chi connectivity index (χ4v) is 2.37. The summed E-state index contributed by atoms with van der Waals surface area (Å²) >= 11 is 1.66. The first kappa shape index (κ1) is 11.2. The molecular weight excluding hydrogens is 220 g/mol. The zero-order valence-electron chi connectivity index (χ0n) is 9.78. The predicted octanol–water partition coefficient (Wildman–Crippen LogP) is 3.67. The quantitative estimate of drug-likeness (QED) is 0.884. The minimum Gasteiger partial charge on any atom is -0.367 e. The molecule has 0 atom stereocenters. The third-order valence-electron chi connectivity index (χ3n) is 3.01. The fraction of sp³-hybridized carbons (Fsp3) is 0.417. The van der Waals surface area contributed by atoms with E-state index in [9.17, 15) is 0 Å². The second kappa shape index (κ2) is 3.94. The molecule has 0 spiro atoms. The van der Waals surface area contributed by atoms with Crippen molar-refractivity contribution in [3.05, 3.63) is 23.2 Å². The molecule has 0 unspecified atom stereocenters. The van der Waals surface area contributed by atoms with Crippen LogP contribution in [0.5, 0.6) is 0 Å². The first-order valence-corrected chi connectivity index (χ1v) is 6.23. The van der Waals surface area contributed by atoms with Crippen LogP contribution in [0.2, 0.25) is 0 Å². The van der Waals surface area contributed by atoms with Gasteiger partial charge in [0.25, 0.3) is 0 Å². The minimum atomic E-state index is -0.0134. The largest absolute Gasteiger partial charge is 0.367 e. The zero-order valence-corrected chi connectivity index (χ0v) is 10.6. The number of rotatable bonds is 3. The predicted molar refractivity (Wildman–Crippen MR) is 67.5 cm³/mol. The molecule has 16 heavy (non-hydrogen) atoms. The summed E-state index contributed by atoms with van der Waals surface area (Å²) in [5.74, 6) is 0.416. The Kier molecular flexibility index (Phi) is 2.76. The molecule has 0 radical (unpaired) electrons. The first-order chi connectivity index (χ1) is 7.56. The molecule has 2 aromatic heterocycles. The van der Waals surface area contributed by atoms with E-state index in [1.807, 2.05) is 17.5 Å². The molecule has 0 amide bonds. The molecule has 0 saturated heterocycles. The van der Waals surface area contributed by atoms with E-state index in [2.05, 4.69) is 25.9 Å². The molecule has 0 bridgehead atoms. The van der Waals surface area contributed by atoms with Crippen molar-refractivity contribution in [3.63, 3.8) is 0 Å².